The number of benzene rings is 2. The standard InChI is InChI=1S/C27H23F3N4O3/c28-27(29,30)20-7-16(13-31)8-21(11-20)34-26(35)18-2-1-17-3-4-22(10-19(17)9-18)37-23-5-6-33-24(12-23)25-14-32-15-36-25/h3-8,10-12,14-15,18H,1-2,9,13,31H2,(H,34,35). The van der Waals surface area contributed by atoms with Gasteiger partial charge in [0.2, 0.25) is 5.91 Å². The molecule has 37 heavy (non-hydrogen) atoms. The number of nitrogens with zero attached hydrogens (tertiary/aromatic N) is 2. The molecule has 0 spiro atoms. The molecule has 5 rings (SSSR count). The van der Waals surface area contributed by atoms with Gasteiger partial charge in [0, 0.05) is 30.4 Å². The van der Waals surface area contributed by atoms with Gasteiger partial charge in [-0.1, -0.05) is 6.07 Å². The summed E-state index contributed by atoms with van der Waals surface area (Å²) in [6.45, 7) is -0.0657. The first-order valence-corrected chi connectivity index (χ1v) is 11.6. The van der Waals surface area contributed by atoms with Gasteiger partial charge in [-0.05, 0) is 72.4 Å². The van der Waals surface area contributed by atoms with Crippen LogP contribution in [0, 0.1) is 5.92 Å². The molecule has 0 bridgehead atoms. The second kappa shape index (κ2) is 10.1. The van der Waals surface area contributed by atoms with Crippen LogP contribution >= 0.6 is 0 Å². The molecule has 1 aliphatic rings. The van der Waals surface area contributed by atoms with Crippen LogP contribution in [0.3, 0.4) is 0 Å². The highest BCUT2D eigenvalue weighted by molar-refractivity contribution is 5.93. The molecule has 0 aliphatic heterocycles. The molecule has 10 heteroatoms. The summed E-state index contributed by atoms with van der Waals surface area (Å²) in [4.78, 5) is 21.1. The molecule has 2 heterocycles. The van der Waals surface area contributed by atoms with Crippen molar-refractivity contribution in [2.24, 2.45) is 11.7 Å². The fraction of sp³-hybridized carbons (Fsp3) is 0.222. The van der Waals surface area contributed by atoms with E-state index in [1.807, 2.05) is 18.2 Å². The molecule has 2 aromatic heterocycles. The average molecular weight is 509 g/mol. The number of rotatable bonds is 6. The Balaban J connectivity index is 1.30. The first-order chi connectivity index (χ1) is 17.8. The van der Waals surface area contributed by atoms with Crippen LogP contribution in [0.5, 0.6) is 11.5 Å². The number of aryl methyl sites for hydroxylation is 1. The monoisotopic (exact) mass is 508 g/mol. The van der Waals surface area contributed by atoms with Crippen molar-refractivity contribution in [1.82, 2.24) is 9.97 Å². The van der Waals surface area contributed by atoms with E-state index in [1.165, 1.54) is 12.5 Å². The number of aromatic nitrogens is 2. The number of alkyl halides is 3. The summed E-state index contributed by atoms with van der Waals surface area (Å²) in [7, 11) is 0. The number of ether oxygens (including phenoxy) is 1. The molecule has 0 saturated carbocycles. The van der Waals surface area contributed by atoms with Gasteiger partial charge in [-0.3, -0.25) is 9.78 Å². The van der Waals surface area contributed by atoms with E-state index in [-0.39, 0.29) is 18.1 Å². The van der Waals surface area contributed by atoms with Crippen LogP contribution in [0.15, 0.2) is 71.7 Å². The summed E-state index contributed by atoms with van der Waals surface area (Å²) >= 11 is 0. The lowest BCUT2D eigenvalue weighted by Crippen LogP contribution is -2.28. The lowest BCUT2D eigenvalue weighted by atomic mass is 9.83. The van der Waals surface area contributed by atoms with Crippen molar-refractivity contribution in [1.29, 1.82) is 0 Å². The van der Waals surface area contributed by atoms with Crippen molar-refractivity contribution in [3.05, 3.63) is 89.6 Å². The lowest BCUT2D eigenvalue weighted by Gasteiger charge is -2.25. The van der Waals surface area contributed by atoms with Crippen LogP contribution in [0.2, 0.25) is 0 Å². The van der Waals surface area contributed by atoms with Crippen LogP contribution in [0.1, 0.15) is 28.7 Å². The van der Waals surface area contributed by atoms with Crippen molar-refractivity contribution in [3.8, 4) is 23.0 Å². The van der Waals surface area contributed by atoms with Gasteiger partial charge in [0.1, 0.15) is 17.2 Å². The maximum Gasteiger partial charge on any atom is 0.416 e. The number of hydrogen-bond donors (Lipinski definition) is 2. The normalized spacial score (nSPS) is 15.2. The molecule has 0 radical (unpaired) electrons. The fourth-order valence-electron chi connectivity index (χ4n) is 4.40. The van der Waals surface area contributed by atoms with Crippen molar-refractivity contribution in [3.63, 3.8) is 0 Å². The molecule has 1 amide bonds. The zero-order valence-corrected chi connectivity index (χ0v) is 19.6. The molecule has 1 atom stereocenters. The first kappa shape index (κ1) is 24.5. The van der Waals surface area contributed by atoms with Gasteiger partial charge < -0.3 is 20.2 Å². The summed E-state index contributed by atoms with van der Waals surface area (Å²) < 4.78 is 51.1. The lowest BCUT2D eigenvalue weighted by molar-refractivity contribution is -0.137. The third kappa shape index (κ3) is 5.64. The molecule has 3 N–H and O–H groups in total. The Kier molecular flexibility index (Phi) is 6.66. The number of carbonyl (C=O) groups excluding carboxylic acids is 1. The summed E-state index contributed by atoms with van der Waals surface area (Å²) in [6.07, 6.45) is 1.67. The van der Waals surface area contributed by atoms with Crippen LogP contribution in [-0.2, 0) is 30.4 Å². The molecule has 190 valence electrons. The second-order valence-corrected chi connectivity index (χ2v) is 8.82. The fourth-order valence-corrected chi connectivity index (χ4v) is 4.40. The van der Waals surface area contributed by atoms with Gasteiger partial charge in [-0.25, -0.2) is 4.98 Å². The summed E-state index contributed by atoms with van der Waals surface area (Å²) in [5.41, 5.74) is 7.74. The minimum atomic E-state index is -4.53. The maximum atomic E-state index is 13.3. The third-order valence-corrected chi connectivity index (χ3v) is 6.25. The predicted octanol–water partition coefficient (Wildman–Crippen LogP) is 5.75. The quantitative estimate of drug-likeness (QED) is 0.344. The van der Waals surface area contributed by atoms with E-state index in [2.05, 4.69) is 15.3 Å². The van der Waals surface area contributed by atoms with Gasteiger partial charge >= 0.3 is 6.18 Å². The van der Waals surface area contributed by atoms with Crippen LogP contribution in [0.25, 0.3) is 11.5 Å². The number of halogens is 3. The minimum Gasteiger partial charge on any atom is -0.457 e. The summed E-state index contributed by atoms with van der Waals surface area (Å²) in [6, 6.07) is 12.6. The zero-order valence-electron chi connectivity index (χ0n) is 19.6. The Hall–Kier alpha value is -4.18. The Morgan fingerprint density at radius 3 is 2.70 bits per heavy atom. The zero-order chi connectivity index (χ0) is 26.0. The van der Waals surface area contributed by atoms with Gasteiger partial charge in [0.25, 0.3) is 0 Å². The maximum absolute atomic E-state index is 13.3. The predicted molar refractivity (Wildman–Crippen MR) is 130 cm³/mol. The number of anilines is 1. The topological polar surface area (TPSA) is 103 Å². The summed E-state index contributed by atoms with van der Waals surface area (Å²) in [5, 5.41) is 2.66. The van der Waals surface area contributed by atoms with Gasteiger partial charge in [-0.2, -0.15) is 13.2 Å². The van der Waals surface area contributed by atoms with E-state index in [0.717, 1.165) is 23.3 Å². The molecular formula is C27H23F3N4O3. The van der Waals surface area contributed by atoms with E-state index in [4.69, 9.17) is 14.9 Å². The summed E-state index contributed by atoms with van der Waals surface area (Å²) in [5.74, 6) is 0.957. The van der Waals surface area contributed by atoms with E-state index in [0.29, 0.717) is 47.8 Å². The van der Waals surface area contributed by atoms with Crippen LogP contribution in [-0.4, -0.2) is 15.9 Å². The van der Waals surface area contributed by atoms with Crippen molar-refractivity contribution >= 4 is 11.6 Å². The second-order valence-electron chi connectivity index (χ2n) is 8.82. The van der Waals surface area contributed by atoms with Gasteiger partial charge in [0.15, 0.2) is 12.2 Å². The number of amides is 1. The number of hydrogen-bond acceptors (Lipinski definition) is 6. The molecule has 0 fully saturated rings. The highest BCUT2D eigenvalue weighted by Crippen LogP contribution is 2.34. The minimum absolute atomic E-state index is 0.0657. The Bertz CT molecular complexity index is 1420. The van der Waals surface area contributed by atoms with E-state index < -0.39 is 17.7 Å². The van der Waals surface area contributed by atoms with Crippen molar-refractivity contribution in [2.75, 3.05) is 5.32 Å². The molecule has 7 nitrogen and oxygen atoms in total. The van der Waals surface area contributed by atoms with E-state index in [1.54, 1.807) is 24.5 Å². The molecule has 2 aromatic carbocycles. The Morgan fingerprint density at radius 1 is 1.11 bits per heavy atom. The number of carbonyl (C=O) groups is 1. The SMILES string of the molecule is NCc1cc(NC(=O)C2CCc3ccc(Oc4ccnc(-c5cnco5)c4)cc3C2)cc(C(F)(F)F)c1. The van der Waals surface area contributed by atoms with Crippen molar-refractivity contribution < 1.29 is 27.1 Å². The van der Waals surface area contributed by atoms with E-state index >= 15 is 0 Å². The first-order valence-electron chi connectivity index (χ1n) is 11.6. The Morgan fingerprint density at radius 2 is 1.95 bits per heavy atom. The third-order valence-electron chi connectivity index (χ3n) is 6.25. The van der Waals surface area contributed by atoms with Crippen molar-refractivity contribution in [2.45, 2.75) is 32.0 Å². The number of pyridine rings is 1. The highest BCUT2D eigenvalue weighted by Gasteiger charge is 2.32. The number of oxazole rings is 1. The van der Waals surface area contributed by atoms with Crippen LogP contribution < -0.4 is 15.8 Å². The number of fused-ring (bicyclic) bond motifs is 1. The molecule has 1 aliphatic carbocycles. The van der Waals surface area contributed by atoms with E-state index in [9.17, 15) is 18.0 Å². The number of nitrogens with one attached hydrogen (secondary N) is 1. The highest BCUT2D eigenvalue weighted by atomic mass is 19.4. The average Bonchev–Trinajstić information content (AvgIpc) is 3.43. The van der Waals surface area contributed by atoms with Gasteiger partial charge in [0.05, 0.1) is 11.8 Å². The largest absolute Gasteiger partial charge is 0.457 e. The molecular weight excluding hydrogens is 485 g/mol. The molecule has 1 unspecified atom stereocenters. The molecule has 4 aromatic rings. The van der Waals surface area contributed by atoms with Gasteiger partial charge in [-0.15, -0.1) is 0 Å². The van der Waals surface area contributed by atoms with Crippen LogP contribution in [0.4, 0.5) is 18.9 Å². The Labute approximate surface area is 210 Å². The smallest absolute Gasteiger partial charge is 0.416 e. The molecule has 0 saturated heterocycles. The number of nitrogens with two attached hydrogens (primary N) is 1.